The van der Waals surface area contributed by atoms with Crippen molar-refractivity contribution in [2.75, 3.05) is 20.1 Å². The summed E-state index contributed by atoms with van der Waals surface area (Å²) < 4.78 is 0. The molecule has 1 heterocycles. The van der Waals surface area contributed by atoms with Gasteiger partial charge in [0.1, 0.15) is 0 Å². The van der Waals surface area contributed by atoms with Crippen LogP contribution in [-0.4, -0.2) is 48.4 Å². The molecular weight excluding hydrogens is 256 g/mol. The molecule has 0 fully saturated rings. The Kier molecular flexibility index (Phi) is 4.70. The number of aliphatic imine (C=N–C) groups is 1. The first kappa shape index (κ1) is 14.0. The fourth-order valence-electron chi connectivity index (χ4n) is 1.90. The molecule has 6 heteroatoms. The molecule has 1 aromatic carbocycles. The monoisotopic (exact) mass is 274 g/mol. The molecule has 1 aliphatic heterocycles. The number of guanidine groups is 1. The Bertz CT molecular complexity index is 540. The molecule has 0 bridgehead atoms. The van der Waals surface area contributed by atoms with Crippen LogP contribution in [0.4, 0.5) is 0 Å². The molecule has 2 rings (SSSR count). The van der Waals surface area contributed by atoms with E-state index in [-0.39, 0.29) is 5.56 Å². The normalized spacial score (nSPS) is 15.3. The van der Waals surface area contributed by atoms with Gasteiger partial charge in [-0.25, -0.2) is 9.80 Å². The SMILES string of the molecule is CN(/N=C/c1ccccc1C(=O)O)C1=NCCCCN1. The molecule has 0 saturated heterocycles. The maximum absolute atomic E-state index is 11.1. The average molecular weight is 274 g/mol. The zero-order valence-corrected chi connectivity index (χ0v) is 11.4. The van der Waals surface area contributed by atoms with Crippen LogP contribution in [0.5, 0.6) is 0 Å². The van der Waals surface area contributed by atoms with E-state index < -0.39 is 5.97 Å². The Labute approximate surface area is 117 Å². The highest BCUT2D eigenvalue weighted by Crippen LogP contribution is 2.06. The minimum Gasteiger partial charge on any atom is -0.478 e. The number of hydrogen-bond acceptors (Lipinski definition) is 5. The highest BCUT2D eigenvalue weighted by Gasteiger charge is 2.09. The second-order valence-electron chi connectivity index (χ2n) is 4.50. The molecule has 0 amide bonds. The minimum atomic E-state index is -0.959. The van der Waals surface area contributed by atoms with Crippen molar-refractivity contribution in [1.29, 1.82) is 0 Å². The van der Waals surface area contributed by atoms with Gasteiger partial charge in [0.15, 0.2) is 0 Å². The fraction of sp³-hybridized carbons (Fsp3) is 0.357. The molecule has 0 aliphatic carbocycles. The molecule has 0 spiro atoms. The number of nitrogens with one attached hydrogen (secondary N) is 1. The van der Waals surface area contributed by atoms with Gasteiger partial charge in [-0.1, -0.05) is 18.2 Å². The molecule has 6 nitrogen and oxygen atoms in total. The molecule has 1 aliphatic rings. The lowest BCUT2D eigenvalue weighted by molar-refractivity contribution is 0.0697. The number of hydrogen-bond donors (Lipinski definition) is 2. The van der Waals surface area contributed by atoms with Gasteiger partial charge in [0.05, 0.1) is 11.8 Å². The first-order chi connectivity index (χ1) is 9.68. The summed E-state index contributed by atoms with van der Waals surface area (Å²) in [6, 6.07) is 6.77. The van der Waals surface area contributed by atoms with Crippen molar-refractivity contribution in [3.8, 4) is 0 Å². The van der Waals surface area contributed by atoms with Crippen LogP contribution in [0.15, 0.2) is 34.4 Å². The summed E-state index contributed by atoms with van der Waals surface area (Å²) in [7, 11) is 1.79. The Morgan fingerprint density at radius 3 is 3.05 bits per heavy atom. The fourth-order valence-corrected chi connectivity index (χ4v) is 1.90. The lowest BCUT2D eigenvalue weighted by Gasteiger charge is -2.15. The zero-order chi connectivity index (χ0) is 14.4. The predicted molar refractivity (Wildman–Crippen MR) is 78.3 cm³/mol. The van der Waals surface area contributed by atoms with Crippen molar-refractivity contribution in [3.63, 3.8) is 0 Å². The number of carboxylic acid groups (broad SMARTS) is 1. The van der Waals surface area contributed by atoms with Crippen LogP contribution in [0.3, 0.4) is 0 Å². The molecule has 1 aromatic rings. The minimum absolute atomic E-state index is 0.236. The highest BCUT2D eigenvalue weighted by molar-refractivity contribution is 5.98. The molecule has 0 aromatic heterocycles. The van der Waals surface area contributed by atoms with E-state index >= 15 is 0 Å². The average Bonchev–Trinajstić information content (AvgIpc) is 2.74. The van der Waals surface area contributed by atoms with Crippen LogP contribution in [-0.2, 0) is 0 Å². The van der Waals surface area contributed by atoms with Gasteiger partial charge in [-0.05, 0) is 18.9 Å². The molecule has 106 valence electrons. The number of carbonyl (C=O) groups is 1. The van der Waals surface area contributed by atoms with Gasteiger partial charge in [-0.3, -0.25) is 4.99 Å². The Morgan fingerprint density at radius 1 is 1.45 bits per heavy atom. The van der Waals surface area contributed by atoms with E-state index in [2.05, 4.69) is 15.4 Å². The zero-order valence-electron chi connectivity index (χ0n) is 11.4. The van der Waals surface area contributed by atoms with Crippen LogP contribution in [0.1, 0.15) is 28.8 Å². The largest absolute Gasteiger partial charge is 0.478 e. The van der Waals surface area contributed by atoms with Crippen LogP contribution < -0.4 is 5.32 Å². The molecule has 0 radical (unpaired) electrons. The summed E-state index contributed by atoms with van der Waals surface area (Å²) in [6.45, 7) is 1.66. The van der Waals surface area contributed by atoms with Gasteiger partial charge in [0.2, 0.25) is 5.96 Å². The standard InChI is InChI=1S/C14H18N4O2/c1-18(14-15-8-4-5-9-16-14)17-10-11-6-2-3-7-12(11)13(19)20/h2-3,6-7,10H,4-5,8-9H2,1H3,(H,15,16)(H,19,20)/b17-10+. The quantitative estimate of drug-likeness (QED) is 0.645. The van der Waals surface area contributed by atoms with Gasteiger partial charge in [0, 0.05) is 25.7 Å². The molecular formula is C14H18N4O2. The third kappa shape index (κ3) is 3.57. The van der Waals surface area contributed by atoms with E-state index in [0.717, 1.165) is 25.9 Å². The number of nitrogens with zero attached hydrogens (tertiary/aromatic N) is 3. The van der Waals surface area contributed by atoms with Crippen molar-refractivity contribution >= 4 is 18.1 Å². The highest BCUT2D eigenvalue weighted by atomic mass is 16.4. The number of benzene rings is 1. The number of aromatic carboxylic acids is 1. The van der Waals surface area contributed by atoms with Crippen LogP contribution >= 0.6 is 0 Å². The van der Waals surface area contributed by atoms with Crippen LogP contribution in [0, 0.1) is 0 Å². The van der Waals surface area contributed by atoms with Crippen molar-refractivity contribution in [2.45, 2.75) is 12.8 Å². The van der Waals surface area contributed by atoms with Crippen LogP contribution in [0.25, 0.3) is 0 Å². The molecule has 0 unspecified atom stereocenters. The lowest BCUT2D eigenvalue weighted by Crippen LogP contribution is -2.35. The predicted octanol–water partition coefficient (Wildman–Crippen LogP) is 1.39. The third-order valence-electron chi connectivity index (χ3n) is 3.00. The summed E-state index contributed by atoms with van der Waals surface area (Å²) in [5, 5.41) is 18.2. The summed E-state index contributed by atoms with van der Waals surface area (Å²) in [5.41, 5.74) is 0.807. The smallest absolute Gasteiger partial charge is 0.336 e. The second-order valence-corrected chi connectivity index (χ2v) is 4.50. The van der Waals surface area contributed by atoms with E-state index in [1.807, 2.05) is 0 Å². The molecule has 0 atom stereocenters. The first-order valence-electron chi connectivity index (χ1n) is 6.57. The molecule has 2 N–H and O–H groups in total. The lowest BCUT2D eigenvalue weighted by atomic mass is 10.1. The number of carboxylic acids is 1. The van der Waals surface area contributed by atoms with Crippen molar-refractivity contribution < 1.29 is 9.90 Å². The maximum atomic E-state index is 11.1. The van der Waals surface area contributed by atoms with Gasteiger partial charge in [-0.2, -0.15) is 5.10 Å². The summed E-state index contributed by atoms with van der Waals surface area (Å²) in [6.07, 6.45) is 3.70. The van der Waals surface area contributed by atoms with E-state index in [1.54, 1.807) is 42.5 Å². The Hall–Kier alpha value is -2.37. The van der Waals surface area contributed by atoms with E-state index in [9.17, 15) is 4.79 Å². The maximum Gasteiger partial charge on any atom is 0.336 e. The summed E-state index contributed by atoms with van der Waals surface area (Å²) in [5.74, 6) is -0.244. The summed E-state index contributed by atoms with van der Waals surface area (Å²) >= 11 is 0. The van der Waals surface area contributed by atoms with Crippen molar-refractivity contribution in [1.82, 2.24) is 10.3 Å². The third-order valence-corrected chi connectivity index (χ3v) is 3.00. The molecule has 0 saturated carbocycles. The summed E-state index contributed by atoms with van der Waals surface area (Å²) in [4.78, 5) is 15.5. The van der Waals surface area contributed by atoms with Gasteiger partial charge < -0.3 is 10.4 Å². The Morgan fingerprint density at radius 2 is 2.25 bits per heavy atom. The van der Waals surface area contributed by atoms with E-state index in [0.29, 0.717) is 11.5 Å². The first-order valence-corrected chi connectivity index (χ1v) is 6.57. The molecule has 20 heavy (non-hydrogen) atoms. The second kappa shape index (κ2) is 6.70. The van der Waals surface area contributed by atoms with E-state index in [4.69, 9.17) is 5.11 Å². The van der Waals surface area contributed by atoms with Gasteiger partial charge >= 0.3 is 5.97 Å². The topological polar surface area (TPSA) is 77.3 Å². The number of hydrazone groups is 1. The van der Waals surface area contributed by atoms with Gasteiger partial charge in [-0.15, -0.1) is 0 Å². The van der Waals surface area contributed by atoms with Gasteiger partial charge in [0.25, 0.3) is 0 Å². The Balaban J connectivity index is 2.12. The van der Waals surface area contributed by atoms with E-state index in [1.165, 1.54) is 0 Å². The van der Waals surface area contributed by atoms with Crippen molar-refractivity contribution in [2.24, 2.45) is 10.1 Å². The number of rotatable bonds is 3. The van der Waals surface area contributed by atoms with Crippen LogP contribution in [0.2, 0.25) is 0 Å². The van der Waals surface area contributed by atoms with Crippen molar-refractivity contribution in [3.05, 3.63) is 35.4 Å².